The van der Waals surface area contributed by atoms with Crippen molar-refractivity contribution in [3.05, 3.63) is 72.9 Å². The molecule has 4 heterocycles. The third-order valence-electron chi connectivity index (χ3n) is 4.55. The molecule has 0 bridgehead atoms. The number of thioether (sulfide) groups is 1. The second-order valence-corrected chi connectivity index (χ2v) is 7.33. The number of rotatable bonds is 4. The van der Waals surface area contributed by atoms with Gasteiger partial charge < -0.3 is 4.42 Å². The van der Waals surface area contributed by atoms with Crippen molar-refractivity contribution < 1.29 is 4.42 Å². The first kappa shape index (κ1) is 16.3. The van der Waals surface area contributed by atoms with Crippen LogP contribution in [0.15, 0.2) is 76.8 Å². The molecular formula is C20H13N7OS. The van der Waals surface area contributed by atoms with Crippen LogP contribution in [0, 0.1) is 0 Å². The predicted octanol–water partition coefficient (Wildman–Crippen LogP) is 3.90. The summed E-state index contributed by atoms with van der Waals surface area (Å²) in [5.41, 5.74) is 4.04. The van der Waals surface area contributed by atoms with Gasteiger partial charge in [-0.05, 0) is 24.3 Å². The molecule has 0 N–H and O–H groups in total. The molecule has 8 nitrogen and oxygen atoms in total. The zero-order chi connectivity index (χ0) is 19.2. The maximum atomic E-state index is 5.75. The summed E-state index contributed by atoms with van der Waals surface area (Å²) in [5, 5.41) is 10.5. The lowest BCUT2D eigenvalue weighted by Gasteiger charge is -2.01. The Labute approximate surface area is 168 Å². The summed E-state index contributed by atoms with van der Waals surface area (Å²) in [6.45, 7) is 0. The molecule has 9 heteroatoms. The summed E-state index contributed by atoms with van der Waals surface area (Å²) < 4.78 is 9.23. The first-order valence-electron chi connectivity index (χ1n) is 8.97. The van der Waals surface area contributed by atoms with E-state index < -0.39 is 0 Å². The summed E-state index contributed by atoms with van der Waals surface area (Å²) in [6, 6.07) is 17.6. The quantitative estimate of drug-likeness (QED) is 0.416. The van der Waals surface area contributed by atoms with E-state index in [-0.39, 0.29) is 0 Å². The minimum atomic E-state index is 0.544. The second-order valence-electron chi connectivity index (χ2n) is 6.41. The van der Waals surface area contributed by atoms with Gasteiger partial charge in [0.15, 0.2) is 22.7 Å². The Hall–Kier alpha value is -3.72. The molecule has 4 aromatic heterocycles. The van der Waals surface area contributed by atoms with Crippen molar-refractivity contribution in [3.63, 3.8) is 0 Å². The van der Waals surface area contributed by atoms with Gasteiger partial charge >= 0.3 is 0 Å². The van der Waals surface area contributed by atoms with Gasteiger partial charge in [-0.2, -0.15) is 5.10 Å². The van der Waals surface area contributed by atoms with Gasteiger partial charge in [-0.25, -0.2) is 24.1 Å². The van der Waals surface area contributed by atoms with Crippen molar-refractivity contribution in [1.82, 2.24) is 34.3 Å². The number of oxazole rings is 1. The molecule has 2 aromatic carbocycles. The average Bonchev–Trinajstić information content (AvgIpc) is 3.47. The van der Waals surface area contributed by atoms with Crippen molar-refractivity contribution in [3.8, 4) is 5.69 Å². The fourth-order valence-electron chi connectivity index (χ4n) is 3.22. The van der Waals surface area contributed by atoms with Crippen LogP contribution in [0.5, 0.6) is 0 Å². The van der Waals surface area contributed by atoms with E-state index in [1.807, 2.05) is 54.6 Å². The number of benzene rings is 2. The molecule has 0 atom stereocenters. The van der Waals surface area contributed by atoms with Crippen LogP contribution >= 0.6 is 11.8 Å². The van der Waals surface area contributed by atoms with Gasteiger partial charge in [0.2, 0.25) is 0 Å². The lowest BCUT2D eigenvalue weighted by atomic mass is 10.3. The van der Waals surface area contributed by atoms with Crippen molar-refractivity contribution in [2.75, 3.05) is 0 Å². The molecule has 0 spiro atoms. The molecule has 0 fully saturated rings. The SMILES string of the molecule is c1ccc(-n2ncc3c2ncn2nc(CSc4nc5ccccc5o4)nc32)cc1. The molecule has 0 saturated heterocycles. The number of hydrogen-bond donors (Lipinski definition) is 0. The molecule has 140 valence electrons. The topological polar surface area (TPSA) is 86.9 Å². The van der Waals surface area contributed by atoms with E-state index in [1.54, 1.807) is 21.7 Å². The third kappa shape index (κ3) is 2.74. The number of para-hydroxylation sites is 3. The van der Waals surface area contributed by atoms with E-state index in [0.29, 0.717) is 16.8 Å². The summed E-state index contributed by atoms with van der Waals surface area (Å²) in [6.07, 6.45) is 3.44. The van der Waals surface area contributed by atoms with E-state index in [9.17, 15) is 0 Å². The van der Waals surface area contributed by atoms with Crippen LogP contribution in [-0.2, 0) is 5.75 Å². The van der Waals surface area contributed by atoms with Crippen LogP contribution in [0.25, 0.3) is 33.5 Å². The Morgan fingerprint density at radius 1 is 0.931 bits per heavy atom. The van der Waals surface area contributed by atoms with Gasteiger partial charge in [-0.1, -0.05) is 42.1 Å². The highest BCUT2D eigenvalue weighted by atomic mass is 32.2. The molecule has 0 aliphatic rings. The van der Waals surface area contributed by atoms with Crippen molar-refractivity contribution >= 4 is 39.5 Å². The van der Waals surface area contributed by atoms with Gasteiger partial charge in [-0.3, -0.25) is 0 Å². The molecule has 29 heavy (non-hydrogen) atoms. The van der Waals surface area contributed by atoms with E-state index in [1.165, 1.54) is 11.8 Å². The van der Waals surface area contributed by atoms with Crippen LogP contribution in [0.2, 0.25) is 0 Å². The first-order valence-corrected chi connectivity index (χ1v) is 9.95. The van der Waals surface area contributed by atoms with Crippen LogP contribution in [0.4, 0.5) is 0 Å². The van der Waals surface area contributed by atoms with Gasteiger partial charge in [0.1, 0.15) is 11.8 Å². The highest BCUT2D eigenvalue weighted by Gasteiger charge is 2.14. The molecule has 0 radical (unpaired) electrons. The van der Waals surface area contributed by atoms with Crippen LogP contribution in [0.3, 0.4) is 0 Å². The molecule has 6 aromatic rings. The lowest BCUT2D eigenvalue weighted by Crippen LogP contribution is -1.98. The fourth-order valence-corrected chi connectivity index (χ4v) is 3.91. The average molecular weight is 399 g/mol. The Morgan fingerprint density at radius 3 is 2.69 bits per heavy atom. The first-order chi connectivity index (χ1) is 14.3. The molecule has 0 amide bonds. The zero-order valence-electron chi connectivity index (χ0n) is 15.0. The van der Waals surface area contributed by atoms with Gasteiger partial charge in [-0.15, -0.1) is 5.10 Å². The number of nitrogens with zero attached hydrogens (tertiary/aromatic N) is 7. The molecule has 0 aliphatic heterocycles. The molecule has 0 unspecified atom stereocenters. The monoisotopic (exact) mass is 399 g/mol. The number of fused-ring (bicyclic) bond motifs is 4. The Bertz CT molecular complexity index is 1440. The molecule has 0 saturated carbocycles. The van der Waals surface area contributed by atoms with Gasteiger partial charge in [0, 0.05) is 0 Å². The third-order valence-corrected chi connectivity index (χ3v) is 5.37. The fraction of sp³-hybridized carbons (Fsp3) is 0.0500. The van der Waals surface area contributed by atoms with E-state index in [0.717, 1.165) is 33.5 Å². The lowest BCUT2D eigenvalue weighted by molar-refractivity contribution is 0.489. The second kappa shape index (κ2) is 6.42. The number of hydrogen-bond acceptors (Lipinski definition) is 7. The standard InChI is InChI=1S/C20H13N7OS/c1-2-6-13(7-3-1)27-18-14(10-22-27)19-24-17(25-26(19)12-21-18)11-29-20-23-15-8-4-5-9-16(15)28-20/h1-10,12H,11H2. The minimum Gasteiger partial charge on any atom is -0.431 e. The molecule has 6 rings (SSSR count). The predicted molar refractivity (Wildman–Crippen MR) is 109 cm³/mol. The molecular weight excluding hydrogens is 386 g/mol. The highest BCUT2D eigenvalue weighted by Crippen LogP contribution is 2.26. The van der Waals surface area contributed by atoms with Crippen molar-refractivity contribution in [2.45, 2.75) is 11.0 Å². The van der Waals surface area contributed by atoms with E-state index in [4.69, 9.17) is 4.42 Å². The summed E-state index contributed by atoms with van der Waals surface area (Å²) in [4.78, 5) is 13.7. The Morgan fingerprint density at radius 2 is 1.79 bits per heavy atom. The smallest absolute Gasteiger partial charge is 0.257 e. The molecule has 0 aliphatic carbocycles. The van der Waals surface area contributed by atoms with Gasteiger partial charge in [0.25, 0.3) is 5.22 Å². The Kier molecular flexibility index (Phi) is 3.60. The van der Waals surface area contributed by atoms with Crippen LogP contribution < -0.4 is 0 Å². The van der Waals surface area contributed by atoms with Crippen molar-refractivity contribution in [2.24, 2.45) is 0 Å². The van der Waals surface area contributed by atoms with Gasteiger partial charge in [0.05, 0.1) is 23.0 Å². The zero-order valence-corrected chi connectivity index (χ0v) is 15.8. The normalized spacial score (nSPS) is 11.7. The van der Waals surface area contributed by atoms with Crippen LogP contribution in [-0.4, -0.2) is 34.3 Å². The maximum absolute atomic E-state index is 5.75. The maximum Gasteiger partial charge on any atom is 0.257 e. The Balaban J connectivity index is 1.34. The number of aromatic nitrogens is 7. The van der Waals surface area contributed by atoms with E-state index in [2.05, 4.69) is 25.1 Å². The summed E-state index contributed by atoms with van der Waals surface area (Å²) in [7, 11) is 0. The minimum absolute atomic E-state index is 0.544. The summed E-state index contributed by atoms with van der Waals surface area (Å²) in [5.74, 6) is 1.22. The van der Waals surface area contributed by atoms with E-state index >= 15 is 0 Å². The summed E-state index contributed by atoms with van der Waals surface area (Å²) >= 11 is 1.46. The largest absolute Gasteiger partial charge is 0.431 e. The van der Waals surface area contributed by atoms with Crippen LogP contribution in [0.1, 0.15) is 5.82 Å². The highest BCUT2D eigenvalue weighted by molar-refractivity contribution is 7.98. The van der Waals surface area contributed by atoms with Crippen molar-refractivity contribution in [1.29, 1.82) is 0 Å².